The van der Waals surface area contributed by atoms with Gasteiger partial charge in [-0.2, -0.15) is 0 Å². The van der Waals surface area contributed by atoms with Crippen LogP contribution >= 0.6 is 0 Å². The first-order valence-electron chi connectivity index (χ1n) is 6.59. The van der Waals surface area contributed by atoms with Crippen LogP contribution < -0.4 is 10.6 Å². The Bertz CT molecular complexity index is 300. The molecule has 3 N–H and O–H groups in total. The van der Waals surface area contributed by atoms with Gasteiger partial charge in [0.1, 0.15) is 0 Å². The summed E-state index contributed by atoms with van der Waals surface area (Å²) >= 11 is 0. The Labute approximate surface area is 114 Å². The SMILES string of the molecule is CCCC(C)NC(=O)N[C@@H](COC(C)(C)C)C(=O)O. The lowest BCUT2D eigenvalue weighted by Gasteiger charge is -2.23. The van der Waals surface area contributed by atoms with Crippen molar-refractivity contribution in [2.24, 2.45) is 0 Å². The van der Waals surface area contributed by atoms with Gasteiger partial charge in [-0.25, -0.2) is 9.59 Å². The molecule has 2 amide bonds. The molecule has 1 unspecified atom stereocenters. The second-order valence-corrected chi connectivity index (χ2v) is 5.62. The van der Waals surface area contributed by atoms with Crippen LogP contribution in [0.3, 0.4) is 0 Å². The highest BCUT2D eigenvalue weighted by atomic mass is 16.5. The minimum atomic E-state index is -1.11. The van der Waals surface area contributed by atoms with Gasteiger partial charge in [-0.1, -0.05) is 13.3 Å². The Morgan fingerprint density at radius 1 is 1.26 bits per heavy atom. The second-order valence-electron chi connectivity index (χ2n) is 5.62. The van der Waals surface area contributed by atoms with Crippen LogP contribution in [0, 0.1) is 0 Å². The third-order valence-corrected chi connectivity index (χ3v) is 2.39. The summed E-state index contributed by atoms with van der Waals surface area (Å²) in [5.74, 6) is -1.11. The first-order chi connectivity index (χ1) is 8.65. The maximum absolute atomic E-state index is 11.6. The van der Waals surface area contributed by atoms with Crippen molar-refractivity contribution < 1.29 is 19.4 Å². The molecule has 0 saturated carbocycles. The molecule has 0 aromatic carbocycles. The van der Waals surface area contributed by atoms with E-state index in [9.17, 15) is 9.59 Å². The van der Waals surface area contributed by atoms with Gasteiger partial charge < -0.3 is 20.5 Å². The van der Waals surface area contributed by atoms with E-state index in [1.807, 2.05) is 34.6 Å². The summed E-state index contributed by atoms with van der Waals surface area (Å²) in [6, 6.07) is -1.51. The summed E-state index contributed by atoms with van der Waals surface area (Å²) in [5.41, 5.74) is -0.443. The zero-order chi connectivity index (χ0) is 15.1. The average Bonchev–Trinajstić information content (AvgIpc) is 2.22. The number of carbonyl (C=O) groups is 2. The van der Waals surface area contributed by atoms with Gasteiger partial charge in [0.25, 0.3) is 0 Å². The number of urea groups is 1. The van der Waals surface area contributed by atoms with Crippen molar-refractivity contribution in [1.82, 2.24) is 10.6 Å². The Kier molecular flexibility index (Phi) is 7.44. The number of carbonyl (C=O) groups excluding carboxylic acids is 1. The van der Waals surface area contributed by atoms with Gasteiger partial charge in [0.05, 0.1) is 12.2 Å². The summed E-state index contributed by atoms with van der Waals surface area (Å²) in [6.45, 7) is 9.33. The standard InChI is InChI=1S/C13H26N2O4/c1-6-7-9(2)14-12(18)15-10(11(16)17)8-19-13(3,4)5/h9-10H,6-8H2,1-5H3,(H,16,17)(H2,14,15,18)/t9?,10-/m0/s1. The van der Waals surface area contributed by atoms with E-state index in [1.54, 1.807) is 0 Å². The molecular formula is C13H26N2O4. The Morgan fingerprint density at radius 3 is 2.26 bits per heavy atom. The van der Waals surface area contributed by atoms with E-state index >= 15 is 0 Å². The molecule has 0 aromatic heterocycles. The summed E-state index contributed by atoms with van der Waals surface area (Å²) in [6.07, 6.45) is 1.81. The largest absolute Gasteiger partial charge is 0.480 e. The molecule has 0 heterocycles. The van der Waals surface area contributed by atoms with Crippen LogP contribution in [0.1, 0.15) is 47.5 Å². The Hall–Kier alpha value is -1.30. The van der Waals surface area contributed by atoms with Gasteiger partial charge in [-0.05, 0) is 34.1 Å². The van der Waals surface area contributed by atoms with Gasteiger partial charge in [-0.15, -0.1) is 0 Å². The van der Waals surface area contributed by atoms with E-state index in [0.717, 1.165) is 12.8 Å². The van der Waals surface area contributed by atoms with Crippen molar-refractivity contribution in [3.05, 3.63) is 0 Å². The first kappa shape index (κ1) is 17.7. The summed E-state index contributed by atoms with van der Waals surface area (Å²) in [4.78, 5) is 22.7. The fraction of sp³-hybridized carbons (Fsp3) is 0.846. The van der Waals surface area contributed by atoms with Crippen LogP contribution in [0.15, 0.2) is 0 Å². The van der Waals surface area contributed by atoms with Crippen molar-refractivity contribution in [2.45, 2.75) is 65.1 Å². The molecule has 6 nitrogen and oxygen atoms in total. The number of carboxylic acid groups (broad SMARTS) is 1. The fourth-order valence-corrected chi connectivity index (χ4v) is 1.44. The van der Waals surface area contributed by atoms with E-state index < -0.39 is 23.6 Å². The van der Waals surface area contributed by atoms with Gasteiger partial charge in [-0.3, -0.25) is 0 Å². The maximum atomic E-state index is 11.6. The quantitative estimate of drug-likeness (QED) is 0.660. The van der Waals surface area contributed by atoms with Crippen molar-refractivity contribution in [1.29, 1.82) is 0 Å². The highest BCUT2D eigenvalue weighted by molar-refractivity contribution is 5.82. The Morgan fingerprint density at radius 2 is 1.84 bits per heavy atom. The van der Waals surface area contributed by atoms with Gasteiger partial charge >= 0.3 is 12.0 Å². The third-order valence-electron chi connectivity index (χ3n) is 2.39. The van der Waals surface area contributed by atoms with Crippen molar-refractivity contribution >= 4 is 12.0 Å². The highest BCUT2D eigenvalue weighted by Gasteiger charge is 2.23. The molecule has 0 fully saturated rings. The van der Waals surface area contributed by atoms with Gasteiger partial charge in [0.15, 0.2) is 6.04 Å². The third kappa shape index (κ3) is 9.30. The van der Waals surface area contributed by atoms with E-state index in [-0.39, 0.29) is 12.6 Å². The Balaban J connectivity index is 4.27. The van der Waals surface area contributed by atoms with Crippen molar-refractivity contribution in [3.8, 4) is 0 Å². The normalized spacial score (nSPS) is 14.6. The molecule has 0 radical (unpaired) electrons. The molecule has 112 valence electrons. The number of nitrogens with one attached hydrogen (secondary N) is 2. The summed E-state index contributed by atoms with van der Waals surface area (Å²) < 4.78 is 5.38. The van der Waals surface area contributed by atoms with Gasteiger partial charge in [0.2, 0.25) is 0 Å². The maximum Gasteiger partial charge on any atom is 0.328 e. The molecule has 0 bridgehead atoms. The highest BCUT2D eigenvalue weighted by Crippen LogP contribution is 2.07. The molecule has 19 heavy (non-hydrogen) atoms. The molecular weight excluding hydrogens is 248 g/mol. The number of aliphatic carboxylic acids is 1. The van der Waals surface area contributed by atoms with E-state index in [1.165, 1.54) is 0 Å². The van der Waals surface area contributed by atoms with Crippen molar-refractivity contribution in [2.75, 3.05) is 6.61 Å². The lowest BCUT2D eigenvalue weighted by molar-refractivity contribution is -0.142. The molecule has 0 aromatic rings. The first-order valence-corrected chi connectivity index (χ1v) is 6.59. The summed E-state index contributed by atoms with van der Waals surface area (Å²) in [5, 5.41) is 14.1. The number of hydrogen-bond donors (Lipinski definition) is 3. The minimum absolute atomic E-state index is 0.0166. The molecule has 6 heteroatoms. The molecule has 0 aliphatic heterocycles. The zero-order valence-electron chi connectivity index (χ0n) is 12.4. The smallest absolute Gasteiger partial charge is 0.328 e. The van der Waals surface area contributed by atoms with Crippen molar-refractivity contribution in [3.63, 3.8) is 0 Å². The van der Waals surface area contributed by atoms with E-state index in [0.29, 0.717) is 0 Å². The number of amides is 2. The van der Waals surface area contributed by atoms with Crippen LogP contribution in [0.2, 0.25) is 0 Å². The fourth-order valence-electron chi connectivity index (χ4n) is 1.44. The molecule has 0 saturated heterocycles. The van der Waals surface area contributed by atoms with Crippen LogP contribution in [0.5, 0.6) is 0 Å². The predicted molar refractivity (Wildman–Crippen MR) is 73.2 cm³/mol. The molecule has 0 spiro atoms. The second kappa shape index (κ2) is 7.99. The van der Waals surface area contributed by atoms with Crippen LogP contribution in [-0.4, -0.2) is 41.4 Å². The van der Waals surface area contributed by atoms with Gasteiger partial charge in [0, 0.05) is 6.04 Å². The summed E-state index contributed by atoms with van der Waals surface area (Å²) in [7, 11) is 0. The topological polar surface area (TPSA) is 87.7 Å². The average molecular weight is 274 g/mol. The molecule has 2 atom stereocenters. The number of ether oxygens (including phenoxy) is 1. The molecule has 0 aliphatic carbocycles. The predicted octanol–water partition coefficient (Wildman–Crippen LogP) is 1.74. The lowest BCUT2D eigenvalue weighted by Crippen LogP contribution is -2.51. The monoisotopic (exact) mass is 274 g/mol. The van der Waals surface area contributed by atoms with E-state index in [2.05, 4.69) is 10.6 Å². The number of carboxylic acids is 1. The molecule has 0 aliphatic rings. The molecule has 0 rings (SSSR count). The van der Waals surface area contributed by atoms with Crippen LogP contribution in [0.25, 0.3) is 0 Å². The number of rotatable bonds is 7. The lowest BCUT2D eigenvalue weighted by atomic mass is 10.2. The number of hydrogen-bond acceptors (Lipinski definition) is 3. The van der Waals surface area contributed by atoms with Crippen LogP contribution in [0.4, 0.5) is 4.79 Å². The minimum Gasteiger partial charge on any atom is -0.480 e. The van der Waals surface area contributed by atoms with E-state index in [4.69, 9.17) is 9.84 Å². The van der Waals surface area contributed by atoms with Crippen LogP contribution in [-0.2, 0) is 9.53 Å². The zero-order valence-corrected chi connectivity index (χ0v) is 12.4.